The Morgan fingerprint density at radius 3 is 2.55 bits per heavy atom. The molecular weight excluding hydrogens is 499 g/mol. The molecule has 1 fully saturated rings. The Kier molecular flexibility index (Phi) is 7.91. The summed E-state index contributed by atoms with van der Waals surface area (Å²) in [5.41, 5.74) is -0.155. The lowest BCUT2D eigenvalue weighted by Crippen LogP contribution is -2.62. The van der Waals surface area contributed by atoms with Crippen LogP contribution in [-0.2, 0) is 22.0 Å². The predicted molar refractivity (Wildman–Crippen MR) is 137 cm³/mol. The monoisotopic (exact) mass is 531 g/mol. The highest BCUT2D eigenvalue weighted by atomic mass is 19.4. The van der Waals surface area contributed by atoms with Crippen molar-refractivity contribution in [1.29, 1.82) is 0 Å². The van der Waals surface area contributed by atoms with Crippen LogP contribution in [0.15, 0.2) is 64.6 Å². The number of aliphatic hydroxyl groups is 1. The van der Waals surface area contributed by atoms with Gasteiger partial charge in [0, 0.05) is 12.3 Å². The van der Waals surface area contributed by atoms with E-state index in [1.165, 1.54) is 10.9 Å². The third-order valence-corrected chi connectivity index (χ3v) is 7.48. The van der Waals surface area contributed by atoms with E-state index in [2.05, 4.69) is 20.5 Å². The van der Waals surface area contributed by atoms with Crippen molar-refractivity contribution in [1.82, 2.24) is 20.1 Å². The number of aryl methyl sites for hydroxylation is 1. The maximum atomic E-state index is 13.4. The van der Waals surface area contributed by atoms with Gasteiger partial charge in [0.25, 0.3) is 0 Å². The lowest BCUT2D eigenvalue weighted by atomic mass is 9.74. The second kappa shape index (κ2) is 10.8. The molecule has 0 spiro atoms. The highest BCUT2D eigenvalue weighted by Crippen LogP contribution is 2.39. The molecule has 1 aromatic heterocycles. The molecule has 3 aromatic rings. The number of rotatable bonds is 8. The number of hydrogen-bond acceptors (Lipinski definition) is 6. The molecule has 1 aliphatic heterocycles. The van der Waals surface area contributed by atoms with E-state index in [1.54, 1.807) is 26.8 Å². The number of benzene rings is 2. The molecule has 2 aromatic carbocycles. The second-order valence-electron chi connectivity index (χ2n) is 9.83. The molecule has 0 saturated carbocycles. The van der Waals surface area contributed by atoms with Crippen molar-refractivity contribution in [3.63, 3.8) is 0 Å². The summed E-state index contributed by atoms with van der Waals surface area (Å²) in [5, 5.41) is 19.3. The summed E-state index contributed by atoms with van der Waals surface area (Å²) >= 11 is 0. The minimum absolute atomic E-state index is 0.181. The van der Waals surface area contributed by atoms with Gasteiger partial charge in [0.1, 0.15) is 18.6 Å². The Morgan fingerprint density at radius 1 is 1.24 bits per heavy atom. The highest BCUT2D eigenvalue weighted by Gasteiger charge is 2.47. The smallest absolute Gasteiger partial charge is 0.375 e. The number of nitrogens with zero attached hydrogens (tertiary/aromatic N) is 3. The molecular formula is C27H32F3N5O3. The summed E-state index contributed by atoms with van der Waals surface area (Å²) in [7, 11) is 0. The van der Waals surface area contributed by atoms with Gasteiger partial charge in [0.2, 0.25) is 0 Å². The average Bonchev–Trinajstić information content (AvgIpc) is 3.33. The molecule has 0 bridgehead atoms. The second-order valence-corrected chi connectivity index (χ2v) is 9.83. The number of aromatic amines is 1. The van der Waals surface area contributed by atoms with Crippen molar-refractivity contribution in [3.8, 4) is 0 Å². The van der Waals surface area contributed by atoms with E-state index in [-0.39, 0.29) is 13.2 Å². The number of aromatic nitrogens is 3. The van der Waals surface area contributed by atoms with Gasteiger partial charge in [-0.15, -0.1) is 0 Å². The number of piperidine rings is 1. The molecule has 1 aliphatic rings. The van der Waals surface area contributed by atoms with Crippen LogP contribution in [0.5, 0.6) is 0 Å². The van der Waals surface area contributed by atoms with E-state index in [4.69, 9.17) is 4.74 Å². The maximum absolute atomic E-state index is 13.4. The number of alkyl halides is 3. The molecule has 0 aliphatic carbocycles. The highest BCUT2D eigenvalue weighted by molar-refractivity contribution is 5.90. The first-order chi connectivity index (χ1) is 18.0. The normalized spacial score (nSPS) is 23.4. The van der Waals surface area contributed by atoms with E-state index in [0.29, 0.717) is 29.7 Å². The first-order valence-corrected chi connectivity index (χ1v) is 12.4. The van der Waals surface area contributed by atoms with E-state index in [0.717, 1.165) is 17.7 Å². The zero-order chi connectivity index (χ0) is 27.6. The number of aliphatic imine (C=N–C) groups is 1. The fraction of sp³-hybridized carbons (Fsp3) is 0.444. The number of hydrogen-bond donors (Lipinski definition) is 3. The molecule has 3 atom stereocenters. The van der Waals surface area contributed by atoms with Crippen molar-refractivity contribution in [2.75, 3.05) is 19.9 Å². The Morgan fingerprint density at radius 2 is 1.97 bits per heavy atom. The van der Waals surface area contributed by atoms with Gasteiger partial charge < -0.3 is 15.2 Å². The van der Waals surface area contributed by atoms with Crippen LogP contribution in [-0.4, -0.2) is 45.5 Å². The van der Waals surface area contributed by atoms with Gasteiger partial charge in [0.15, 0.2) is 0 Å². The molecule has 3 N–H and O–H groups in total. The quantitative estimate of drug-likeness (QED) is 0.381. The zero-order valence-corrected chi connectivity index (χ0v) is 21.5. The van der Waals surface area contributed by atoms with Crippen molar-refractivity contribution < 1.29 is 23.0 Å². The summed E-state index contributed by atoms with van der Waals surface area (Å²) in [6.45, 7) is 5.19. The summed E-state index contributed by atoms with van der Waals surface area (Å²) in [5.74, 6) is 0. The predicted octanol–water partition coefficient (Wildman–Crippen LogP) is 4.06. The van der Waals surface area contributed by atoms with Crippen molar-refractivity contribution >= 4 is 5.71 Å². The van der Waals surface area contributed by atoms with Gasteiger partial charge in [-0.2, -0.15) is 18.3 Å². The van der Waals surface area contributed by atoms with Gasteiger partial charge in [-0.3, -0.25) is 9.56 Å². The minimum atomic E-state index is -4.45. The third-order valence-electron chi connectivity index (χ3n) is 7.48. The van der Waals surface area contributed by atoms with Gasteiger partial charge in [-0.1, -0.05) is 42.0 Å². The Hall–Kier alpha value is -3.28. The number of ether oxygens (including phenoxy) is 1. The van der Waals surface area contributed by atoms with E-state index in [1.807, 2.05) is 30.3 Å². The molecule has 1 saturated heterocycles. The first kappa shape index (κ1) is 27.7. The summed E-state index contributed by atoms with van der Waals surface area (Å²) in [6.07, 6.45) is -2.63. The lowest BCUT2D eigenvalue weighted by molar-refractivity contribution is -0.137. The molecule has 2 heterocycles. The molecule has 0 radical (unpaired) electrons. The largest absolute Gasteiger partial charge is 0.416 e. The van der Waals surface area contributed by atoms with Crippen LogP contribution < -0.4 is 11.0 Å². The standard InChI is InChI=1S/C27H32F3N5O3/c1-18-11-21(13-23(12-18)27(28,29)30)19(2)38-15-25(22-7-5-4-6-8-22)9-10-26(14-32-25,20(3)31-17-36)35-16-33-34-24(35)37/h4-8,11-13,16,19,32,36H,9-10,14-15,17H2,1-3H3,(H,34,37)/t19-,25-,26+/m1/s1. The van der Waals surface area contributed by atoms with Crippen molar-refractivity contribution in [2.45, 2.75) is 57.0 Å². The molecule has 0 amide bonds. The topological polar surface area (TPSA) is 105 Å². The third kappa shape index (κ3) is 5.45. The molecule has 204 valence electrons. The lowest BCUT2D eigenvalue weighted by Gasteiger charge is -2.48. The van der Waals surface area contributed by atoms with Crippen LogP contribution in [0.4, 0.5) is 13.2 Å². The fourth-order valence-corrected chi connectivity index (χ4v) is 5.19. The van der Waals surface area contributed by atoms with Gasteiger partial charge >= 0.3 is 11.9 Å². The number of aliphatic hydroxyl groups excluding tert-OH is 1. The molecule has 0 unspecified atom stereocenters. The first-order valence-electron chi connectivity index (χ1n) is 12.4. The van der Waals surface area contributed by atoms with E-state index in [9.17, 15) is 23.1 Å². The van der Waals surface area contributed by atoms with Crippen LogP contribution in [0.25, 0.3) is 0 Å². The van der Waals surface area contributed by atoms with Crippen LogP contribution in [0.3, 0.4) is 0 Å². The molecule has 4 rings (SSSR count). The Bertz CT molecular complexity index is 1330. The summed E-state index contributed by atoms with van der Waals surface area (Å²) in [4.78, 5) is 16.8. The number of halogens is 3. The molecule has 11 heteroatoms. The summed E-state index contributed by atoms with van der Waals surface area (Å²) in [6, 6.07) is 13.6. The van der Waals surface area contributed by atoms with Gasteiger partial charge in [0.05, 0.1) is 23.8 Å². The van der Waals surface area contributed by atoms with Crippen LogP contribution >= 0.6 is 0 Å². The molecule has 8 nitrogen and oxygen atoms in total. The average molecular weight is 532 g/mol. The number of H-pyrrole nitrogens is 1. The van der Waals surface area contributed by atoms with Crippen LogP contribution in [0.1, 0.15) is 55.0 Å². The molecule has 38 heavy (non-hydrogen) atoms. The zero-order valence-electron chi connectivity index (χ0n) is 21.5. The van der Waals surface area contributed by atoms with Crippen molar-refractivity contribution in [2.24, 2.45) is 4.99 Å². The van der Waals surface area contributed by atoms with Gasteiger partial charge in [-0.25, -0.2) is 9.89 Å². The summed E-state index contributed by atoms with van der Waals surface area (Å²) < 4.78 is 47.9. The number of nitrogens with one attached hydrogen (secondary N) is 2. The Labute approximate surface area is 218 Å². The van der Waals surface area contributed by atoms with Gasteiger partial charge in [-0.05, 0) is 56.9 Å². The Balaban J connectivity index is 1.64. The fourth-order valence-electron chi connectivity index (χ4n) is 5.19. The van der Waals surface area contributed by atoms with Crippen LogP contribution in [0, 0.1) is 6.92 Å². The SMILES string of the molecule is CC(=NCO)[C@]1(n2cn[nH]c2=O)CC[C@@](CO[C@H](C)c2cc(C)cc(C(F)(F)F)c2)(c2ccccc2)NC1. The van der Waals surface area contributed by atoms with Crippen LogP contribution in [0.2, 0.25) is 0 Å². The van der Waals surface area contributed by atoms with Crippen molar-refractivity contribution in [3.05, 3.63) is 87.6 Å². The van der Waals surface area contributed by atoms with E-state index < -0.39 is 41.3 Å². The maximum Gasteiger partial charge on any atom is 0.416 e. The van der Waals surface area contributed by atoms with E-state index >= 15 is 0 Å². The minimum Gasteiger partial charge on any atom is -0.375 e.